The van der Waals surface area contributed by atoms with Gasteiger partial charge in [-0.25, -0.2) is 8.42 Å². The van der Waals surface area contributed by atoms with Gasteiger partial charge in [0.2, 0.25) is 21.8 Å². The molecule has 9 heteroatoms. The van der Waals surface area contributed by atoms with Crippen LogP contribution in [0.5, 0.6) is 0 Å². The van der Waals surface area contributed by atoms with Crippen LogP contribution in [0, 0.1) is 13.8 Å². The fourth-order valence-electron chi connectivity index (χ4n) is 4.15. The highest BCUT2D eigenvalue weighted by Gasteiger charge is 2.29. The third-order valence-corrected chi connectivity index (χ3v) is 7.70. The van der Waals surface area contributed by atoms with Crippen LogP contribution >= 0.6 is 11.6 Å². The molecule has 0 aliphatic rings. The van der Waals surface area contributed by atoms with Gasteiger partial charge in [-0.3, -0.25) is 13.9 Å². The van der Waals surface area contributed by atoms with Crippen LogP contribution < -0.4 is 9.62 Å². The van der Waals surface area contributed by atoms with Crippen LogP contribution in [-0.2, 0) is 26.2 Å². The monoisotopic (exact) mass is 549 g/mol. The van der Waals surface area contributed by atoms with Crippen molar-refractivity contribution in [2.24, 2.45) is 0 Å². The van der Waals surface area contributed by atoms with Crippen LogP contribution in [0.3, 0.4) is 0 Å². The SMILES string of the molecule is CCCCNC(=O)[C@@H](CC)N(Cc1ccc(C)cc1)C(=O)CCCN(c1cc(Cl)ccc1C)S(C)(=O)=O. The number of amides is 2. The standard InChI is InChI=1S/C28H40ClN3O4S/c1-6-8-17-30-28(34)25(7-2)31(20-23-14-11-21(3)12-15-23)27(33)10-9-18-32(37(5,35)36)26-19-24(29)16-13-22(26)4/h11-16,19,25H,6-10,17-18,20H2,1-5H3,(H,30,34)/t25-/m1/s1. The second-order valence-electron chi connectivity index (χ2n) is 9.45. The molecule has 0 spiro atoms. The van der Waals surface area contributed by atoms with Crippen molar-refractivity contribution in [2.45, 2.75) is 72.4 Å². The van der Waals surface area contributed by atoms with E-state index in [-0.39, 0.29) is 24.8 Å². The molecule has 1 atom stereocenters. The van der Waals surface area contributed by atoms with Crippen molar-refractivity contribution in [2.75, 3.05) is 23.7 Å². The van der Waals surface area contributed by atoms with Gasteiger partial charge in [-0.1, -0.05) is 67.8 Å². The number of anilines is 1. The molecule has 0 bridgehead atoms. The van der Waals surface area contributed by atoms with E-state index in [2.05, 4.69) is 12.2 Å². The first-order chi connectivity index (χ1) is 17.5. The second kappa shape index (κ2) is 14.4. The average Bonchev–Trinajstić information content (AvgIpc) is 2.84. The maximum Gasteiger partial charge on any atom is 0.242 e. The Hall–Kier alpha value is -2.58. The van der Waals surface area contributed by atoms with Gasteiger partial charge in [-0.15, -0.1) is 0 Å². The number of rotatable bonds is 14. The van der Waals surface area contributed by atoms with E-state index in [0.29, 0.717) is 36.6 Å². The second-order valence-corrected chi connectivity index (χ2v) is 11.8. The minimum Gasteiger partial charge on any atom is -0.354 e. The minimum absolute atomic E-state index is 0.107. The molecule has 37 heavy (non-hydrogen) atoms. The number of aryl methyl sites for hydroxylation is 2. The third kappa shape index (κ3) is 9.34. The molecule has 0 unspecified atom stereocenters. The van der Waals surface area contributed by atoms with E-state index in [1.807, 2.05) is 45.0 Å². The maximum absolute atomic E-state index is 13.5. The number of unbranched alkanes of at least 4 members (excludes halogenated alkanes) is 1. The maximum atomic E-state index is 13.5. The third-order valence-electron chi connectivity index (χ3n) is 6.28. The summed E-state index contributed by atoms with van der Waals surface area (Å²) in [7, 11) is -3.59. The number of sulfonamides is 1. The first-order valence-corrected chi connectivity index (χ1v) is 15.1. The molecule has 2 aromatic carbocycles. The Labute approximate surface area is 227 Å². The van der Waals surface area contributed by atoms with Crippen molar-refractivity contribution in [1.82, 2.24) is 10.2 Å². The van der Waals surface area contributed by atoms with Crippen molar-refractivity contribution in [3.05, 3.63) is 64.2 Å². The van der Waals surface area contributed by atoms with Crippen molar-refractivity contribution in [3.63, 3.8) is 0 Å². The van der Waals surface area contributed by atoms with E-state index in [9.17, 15) is 18.0 Å². The van der Waals surface area contributed by atoms with Crippen LogP contribution in [0.25, 0.3) is 0 Å². The fourth-order valence-corrected chi connectivity index (χ4v) is 5.33. The highest BCUT2D eigenvalue weighted by Crippen LogP contribution is 2.27. The lowest BCUT2D eigenvalue weighted by Gasteiger charge is -2.31. The van der Waals surface area contributed by atoms with Gasteiger partial charge in [0.15, 0.2) is 0 Å². The Morgan fingerprint density at radius 3 is 2.30 bits per heavy atom. The van der Waals surface area contributed by atoms with Crippen LogP contribution in [-0.4, -0.2) is 50.5 Å². The first kappa shape index (κ1) is 30.6. The molecule has 0 saturated carbocycles. The molecule has 204 valence electrons. The van der Waals surface area contributed by atoms with Gasteiger partial charge in [-0.2, -0.15) is 0 Å². The molecule has 0 aliphatic heterocycles. The van der Waals surface area contributed by atoms with Crippen molar-refractivity contribution in [1.29, 1.82) is 0 Å². The zero-order chi connectivity index (χ0) is 27.6. The van der Waals surface area contributed by atoms with E-state index in [1.54, 1.807) is 23.1 Å². The predicted octanol–water partition coefficient (Wildman–Crippen LogP) is 5.23. The number of nitrogens with zero attached hydrogens (tertiary/aromatic N) is 2. The Morgan fingerprint density at radius 1 is 1.03 bits per heavy atom. The van der Waals surface area contributed by atoms with E-state index < -0.39 is 16.1 Å². The number of nitrogens with one attached hydrogen (secondary N) is 1. The smallest absolute Gasteiger partial charge is 0.242 e. The predicted molar refractivity (Wildman–Crippen MR) is 151 cm³/mol. The molecule has 2 aromatic rings. The molecule has 0 aromatic heterocycles. The summed E-state index contributed by atoms with van der Waals surface area (Å²) in [5, 5.41) is 3.40. The quantitative estimate of drug-likeness (QED) is 0.327. The fraction of sp³-hybridized carbons (Fsp3) is 0.500. The number of hydrogen-bond donors (Lipinski definition) is 1. The molecular weight excluding hydrogens is 510 g/mol. The summed E-state index contributed by atoms with van der Waals surface area (Å²) in [6.45, 7) is 8.78. The molecule has 2 amide bonds. The van der Waals surface area contributed by atoms with Gasteiger partial charge in [0.1, 0.15) is 6.04 Å². The summed E-state index contributed by atoms with van der Waals surface area (Å²) in [5.41, 5.74) is 3.33. The first-order valence-electron chi connectivity index (χ1n) is 12.8. The minimum atomic E-state index is -3.59. The van der Waals surface area contributed by atoms with E-state index in [1.165, 1.54) is 4.31 Å². The van der Waals surface area contributed by atoms with Crippen LogP contribution in [0.2, 0.25) is 5.02 Å². The van der Waals surface area contributed by atoms with Gasteiger partial charge in [0.25, 0.3) is 0 Å². The molecule has 0 fully saturated rings. The molecule has 0 heterocycles. The summed E-state index contributed by atoms with van der Waals surface area (Å²) in [4.78, 5) is 28.1. The summed E-state index contributed by atoms with van der Waals surface area (Å²) >= 11 is 6.13. The zero-order valence-corrected chi connectivity index (χ0v) is 24.2. The zero-order valence-electron chi connectivity index (χ0n) is 22.6. The lowest BCUT2D eigenvalue weighted by molar-refractivity contribution is -0.141. The van der Waals surface area contributed by atoms with Crippen LogP contribution in [0.4, 0.5) is 5.69 Å². The Balaban J connectivity index is 2.22. The summed E-state index contributed by atoms with van der Waals surface area (Å²) in [6, 6.07) is 12.4. The molecule has 1 N–H and O–H groups in total. The molecule has 2 rings (SSSR count). The van der Waals surface area contributed by atoms with E-state index in [4.69, 9.17) is 11.6 Å². The lowest BCUT2D eigenvalue weighted by Crippen LogP contribution is -2.49. The molecule has 0 radical (unpaired) electrons. The van der Waals surface area contributed by atoms with Gasteiger partial charge in [-0.05, 0) is 56.4 Å². The number of carbonyl (C=O) groups excluding carboxylic acids is 2. The molecular formula is C28H40ClN3O4S. The van der Waals surface area contributed by atoms with Crippen molar-refractivity contribution >= 4 is 39.1 Å². The van der Waals surface area contributed by atoms with Gasteiger partial charge < -0.3 is 10.2 Å². The van der Waals surface area contributed by atoms with Crippen molar-refractivity contribution < 1.29 is 18.0 Å². The number of benzene rings is 2. The van der Waals surface area contributed by atoms with Crippen molar-refractivity contribution in [3.8, 4) is 0 Å². The summed E-state index contributed by atoms with van der Waals surface area (Å²) in [5.74, 6) is -0.349. The normalized spacial score (nSPS) is 12.2. The van der Waals surface area contributed by atoms with Gasteiger partial charge in [0.05, 0.1) is 11.9 Å². The molecule has 0 aliphatic carbocycles. The molecule has 7 nitrogen and oxygen atoms in total. The number of hydrogen-bond acceptors (Lipinski definition) is 4. The van der Waals surface area contributed by atoms with Gasteiger partial charge in [0, 0.05) is 31.1 Å². The Morgan fingerprint density at radius 2 is 1.70 bits per heavy atom. The Bertz CT molecular complexity index is 1150. The number of carbonyl (C=O) groups is 2. The highest BCUT2D eigenvalue weighted by molar-refractivity contribution is 7.92. The topological polar surface area (TPSA) is 86.8 Å². The van der Waals surface area contributed by atoms with Crippen LogP contribution in [0.15, 0.2) is 42.5 Å². The van der Waals surface area contributed by atoms with Gasteiger partial charge >= 0.3 is 0 Å². The molecule has 0 saturated heterocycles. The van der Waals surface area contributed by atoms with E-state index >= 15 is 0 Å². The highest BCUT2D eigenvalue weighted by atomic mass is 35.5. The lowest BCUT2D eigenvalue weighted by atomic mass is 10.1. The summed E-state index contributed by atoms with van der Waals surface area (Å²) in [6.07, 6.45) is 3.87. The summed E-state index contributed by atoms with van der Waals surface area (Å²) < 4.78 is 26.4. The van der Waals surface area contributed by atoms with E-state index in [0.717, 1.165) is 35.8 Å². The average molecular weight is 550 g/mol. The number of halogens is 1. The largest absolute Gasteiger partial charge is 0.354 e. The van der Waals surface area contributed by atoms with Crippen LogP contribution in [0.1, 0.15) is 62.6 Å². The Kier molecular flexibility index (Phi) is 11.9.